The van der Waals surface area contributed by atoms with E-state index in [1.165, 1.54) is 24.3 Å². The highest BCUT2D eigenvalue weighted by Gasteiger charge is 2.26. The van der Waals surface area contributed by atoms with E-state index >= 15 is 0 Å². The molecule has 12 heteroatoms. The van der Waals surface area contributed by atoms with Gasteiger partial charge in [0.05, 0.1) is 4.90 Å². The van der Waals surface area contributed by atoms with Gasteiger partial charge in [-0.1, -0.05) is 53.7 Å². The van der Waals surface area contributed by atoms with Crippen LogP contribution in [0, 0.1) is 0 Å². The summed E-state index contributed by atoms with van der Waals surface area (Å²) in [6.45, 7) is 11.8. The fourth-order valence-electron chi connectivity index (χ4n) is 3.55. The van der Waals surface area contributed by atoms with Crippen LogP contribution in [-0.2, 0) is 41.5 Å². The Labute approximate surface area is 222 Å². The van der Waals surface area contributed by atoms with Crippen molar-refractivity contribution in [2.24, 2.45) is 4.52 Å². The summed E-state index contributed by atoms with van der Waals surface area (Å²) in [6.07, 6.45) is -0.270. The number of azide groups is 1. The zero-order chi connectivity index (χ0) is 28.7. The number of phenols is 1. The van der Waals surface area contributed by atoms with Crippen molar-refractivity contribution < 1.29 is 32.6 Å². The molecule has 2 aromatic rings. The number of hydrogen-bond acceptors (Lipinski definition) is 7. The average Bonchev–Trinajstić information content (AvgIpc) is 2.80. The predicted octanol–water partition coefficient (Wildman–Crippen LogP) is 5.71. The van der Waals surface area contributed by atoms with Crippen molar-refractivity contribution in [1.29, 1.82) is 0 Å². The predicted molar refractivity (Wildman–Crippen MR) is 143 cm³/mol. The third-order valence-corrected chi connectivity index (χ3v) is 6.68. The van der Waals surface area contributed by atoms with E-state index < -0.39 is 22.1 Å². The second kappa shape index (κ2) is 12.2. The molecule has 1 amide bonds. The van der Waals surface area contributed by atoms with Crippen LogP contribution in [0.4, 0.5) is 10.5 Å². The van der Waals surface area contributed by atoms with E-state index in [-0.39, 0.29) is 46.8 Å². The summed E-state index contributed by atoms with van der Waals surface area (Å²) in [4.78, 5) is 26.2. The van der Waals surface area contributed by atoms with Gasteiger partial charge in [-0.25, -0.2) is 13.2 Å². The summed E-state index contributed by atoms with van der Waals surface area (Å²) in [6, 6.07) is 8.80. The van der Waals surface area contributed by atoms with Gasteiger partial charge in [0, 0.05) is 21.5 Å². The van der Waals surface area contributed by atoms with Gasteiger partial charge in [0.2, 0.25) is 0 Å². The lowest BCUT2D eigenvalue weighted by molar-refractivity contribution is -0.144. The van der Waals surface area contributed by atoms with Gasteiger partial charge < -0.3 is 14.6 Å². The number of esters is 1. The summed E-state index contributed by atoms with van der Waals surface area (Å²) in [7, 11) is -4.12. The summed E-state index contributed by atoms with van der Waals surface area (Å²) in [5.41, 5.74) is 10.6. The van der Waals surface area contributed by atoms with Crippen molar-refractivity contribution in [2.75, 3.05) is 18.5 Å². The highest BCUT2D eigenvalue weighted by Crippen LogP contribution is 2.40. The number of nitrogens with zero attached hydrogens (tertiary/aromatic N) is 3. The monoisotopic (exact) mass is 546 g/mol. The molecule has 0 aromatic heterocycles. The highest BCUT2D eigenvalue weighted by atomic mass is 32.2. The molecular formula is C26H34N4O7S. The Kier molecular flexibility index (Phi) is 9.77. The molecule has 206 valence electrons. The van der Waals surface area contributed by atoms with Crippen molar-refractivity contribution in [3.63, 3.8) is 0 Å². The smallest absolute Gasteiger partial charge is 0.411 e. The van der Waals surface area contributed by atoms with Crippen molar-refractivity contribution in [3.05, 3.63) is 63.5 Å². The standard InChI is InChI=1S/C26H34N4O7S/c1-25(2,3)20-15-17(16-21(23(20)32)26(4,5)6)7-12-22(31)36-13-14-37-24(33)28-18-8-10-19(11-9-18)38(34,35)30-29-27/h8-11,15-16,32H,7,12-14H2,1-6H3,(H,28,33). The van der Waals surface area contributed by atoms with Gasteiger partial charge in [-0.3, -0.25) is 10.1 Å². The third-order valence-electron chi connectivity index (χ3n) is 5.53. The molecule has 0 heterocycles. The van der Waals surface area contributed by atoms with Crippen molar-refractivity contribution in [2.45, 2.75) is 70.1 Å². The van der Waals surface area contributed by atoms with E-state index in [4.69, 9.17) is 15.0 Å². The fourth-order valence-corrected chi connectivity index (χ4v) is 4.22. The van der Waals surface area contributed by atoms with Crippen LogP contribution in [0.25, 0.3) is 10.4 Å². The number of aromatic hydroxyl groups is 1. The molecule has 0 saturated carbocycles. The Balaban J connectivity index is 1.85. The lowest BCUT2D eigenvalue weighted by Crippen LogP contribution is -2.19. The van der Waals surface area contributed by atoms with Crippen LogP contribution in [0.2, 0.25) is 0 Å². The van der Waals surface area contributed by atoms with Gasteiger partial charge in [-0.2, -0.15) is 0 Å². The number of anilines is 1. The van der Waals surface area contributed by atoms with Crippen LogP contribution < -0.4 is 5.32 Å². The van der Waals surface area contributed by atoms with E-state index in [1.54, 1.807) is 0 Å². The number of carbonyl (C=O) groups excluding carboxylic acids is 2. The molecule has 0 unspecified atom stereocenters. The second-order valence-corrected chi connectivity index (χ2v) is 12.3. The van der Waals surface area contributed by atoms with Crippen LogP contribution in [-0.4, -0.2) is 38.8 Å². The van der Waals surface area contributed by atoms with Crippen molar-refractivity contribution in [1.82, 2.24) is 0 Å². The van der Waals surface area contributed by atoms with E-state index in [2.05, 4.69) is 14.7 Å². The number of ether oxygens (including phenoxy) is 2. The summed E-state index contributed by atoms with van der Waals surface area (Å²) in [5.74, 6) is -0.172. The fraction of sp³-hybridized carbons (Fsp3) is 0.462. The first-order valence-electron chi connectivity index (χ1n) is 11.9. The minimum absolute atomic E-state index is 0.120. The molecule has 0 saturated heterocycles. The summed E-state index contributed by atoms with van der Waals surface area (Å²) in [5, 5.41) is 13.2. The number of aryl methyl sites for hydroxylation is 1. The molecule has 38 heavy (non-hydrogen) atoms. The molecule has 0 radical (unpaired) electrons. The molecule has 0 spiro atoms. The Morgan fingerprint density at radius 3 is 2.00 bits per heavy atom. The Bertz CT molecular complexity index is 1280. The van der Waals surface area contributed by atoms with Crippen LogP contribution in [0.15, 0.2) is 45.8 Å². The van der Waals surface area contributed by atoms with E-state index in [0.29, 0.717) is 6.42 Å². The second-order valence-electron chi connectivity index (χ2n) is 10.7. The average molecular weight is 547 g/mol. The first kappa shape index (κ1) is 30.5. The number of carbonyl (C=O) groups is 2. The number of hydrogen-bond donors (Lipinski definition) is 2. The van der Waals surface area contributed by atoms with Crippen LogP contribution in [0.1, 0.15) is 64.7 Å². The molecule has 0 aliphatic heterocycles. The molecular weight excluding hydrogens is 512 g/mol. The van der Waals surface area contributed by atoms with Gasteiger partial charge in [0.25, 0.3) is 10.0 Å². The molecule has 0 aliphatic rings. The Hall–Kier alpha value is -3.76. The molecule has 0 bridgehead atoms. The Morgan fingerprint density at radius 2 is 1.50 bits per heavy atom. The molecule has 11 nitrogen and oxygen atoms in total. The maximum atomic E-state index is 12.2. The number of amides is 1. The van der Waals surface area contributed by atoms with Crippen LogP contribution in [0.3, 0.4) is 0 Å². The number of benzene rings is 2. The summed E-state index contributed by atoms with van der Waals surface area (Å²) >= 11 is 0. The quantitative estimate of drug-likeness (QED) is 0.133. The maximum absolute atomic E-state index is 12.2. The van der Waals surface area contributed by atoms with E-state index in [9.17, 15) is 23.1 Å². The SMILES string of the molecule is CC(C)(C)c1cc(CCC(=O)OCCOC(=O)Nc2ccc(S(=O)(=O)N=[N+]=[N-])cc2)cc(C(C)(C)C)c1O. The van der Waals surface area contributed by atoms with Gasteiger partial charge in [0.1, 0.15) is 19.0 Å². The first-order valence-corrected chi connectivity index (χ1v) is 13.4. The lowest BCUT2D eigenvalue weighted by atomic mass is 9.78. The number of phenolic OH excluding ortho intramolecular Hbond substituents is 1. The zero-order valence-corrected chi connectivity index (χ0v) is 23.3. The van der Waals surface area contributed by atoms with Gasteiger partial charge in [-0.05, 0) is 63.7 Å². The molecule has 0 aliphatic carbocycles. The van der Waals surface area contributed by atoms with Crippen LogP contribution >= 0.6 is 0 Å². The molecule has 2 aromatic carbocycles. The topological polar surface area (TPSA) is 168 Å². The zero-order valence-electron chi connectivity index (χ0n) is 22.4. The first-order chi connectivity index (χ1) is 17.5. The lowest BCUT2D eigenvalue weighted by Gasteiger charge is -2.28. The number of sulfonamides is 1. The molecule has 0 atom stereocenters. The molecule has 2 N–H and O–H groups in total. The van der Waals surface area contributed by atoms with Crippen LogP contribution in [0.5, 0.6) is 5.75 Å². The van der Waals surface area contributed by atoms with Gasteiger partial charge in [0.15, 0.2) is 0 Å². The summed E-state index contributed by atoms with van der Waals surface area (Å²) < 4.78 is 36.2. The van der Waals surface area contributed by atoms with Gasteiger partial charge in [-0.15, -0.1) is 0 Å². The molecule has 0 fully saturated rings. The normalized spacial score (nSPS) is 11.8. The minimum Gasteiger partial charge on any atom is -0.507 e. The minimum atomic E-state index is -4.12. The van der Waals surface area contributed by atoms with Gasteiger partial charge >= 0.3 is 12.1 Å². The maximum Gasteiger partial charge on any atom is 0.411 e. The van der Waals surface area contributed by atoms with E-state index in [1.807, 2.05) is 53.7 Å². The largest absolute Gasteiger partial charge is 0.507 e. The Morgan fingerprint density at radius 1 is 0.974 bits per heavy atom. The van der Waals surface area contributed by atoms with E-state index in [0.717, 1.165) is 16.7 Å². The van der Waals surface area contributed by atoms with Crippen molar-refractivity contribution >= 4 is 27.8 Å². The number of rotatable bonds is 9. The van der Waals surface area contributed by atoms with Crippen molar-refractivity contribution in [3.8, 4) is 5.75 Å². The molecule has 2 rings (SSSR count). The number of nitrogens with one attached hydrogen (secondary N) is 1. The third kappa shape index (κ3) is 8.67. The highest BCUT2D eigenvalue weighted by molar-refractivity contribution is 7.90.